The van der Waals surface area contributed by atoms with Gasteiger partial charge in [-0.15, -0.1) is 0 Å². The molecule has 1 fully saturated rings. The molecule has 0 bridgehead atoms. The number of β-amino-alcohol motifs (C(OH)–C–C–N with tert-alkyl or cyclic N) is 1. The molecule has 1 aliphatic rings. The van der Waals surface area contributed by atoms with Crippen LogP contribution in [0.5, 0.6) is 0 Å². The van der Waals surface area contributed by atoms with Gasteiger partial charge >= 0.3 is 0 Å². The largest absolute Gasteiger partial charge is 0.448 e. The summed E-state index contributed by atoms with van der Waals surface area (Å²) in [7, 11) is 1.76. The summed E-state index contributed by atoms with van der Waals surface area (Å²) in [6.45, 7) is 0.361. The van der Waals surface area contributed by atoms with E-state index in [0.717, 1.165) is 11.3 Å². The predicted molar refractivity (Wildman–Crippen MR) is 110 cm³/mol. The third-order valence-corrected chi connectivity index (χ3v) is 5.38. The summed E-state index contributed by atoms with van der Waals surface area (Å²) >= 11 is 0. The van der Waals surface area contributed by atoms with Crippen LogP contribution >= 0.6 is 0 Å². The minimum atomic E-state index is -1.09. The van der Waals surface area contributed by atoms with Gasteiger partial charge < -0.3 is 14.4 Å². The van der Waals surface area contributed by atoms with Crippen molar-refractivity contribution in [2.45, 2.75) is 12.0 Å². The third-order valence-electron chi connectivity index (χ3n) is 5.38. The van der Waals surface area contributed by atoms with Gasteiger partial charge in [-0.1, -0.05) is 30.3 Å². The summed E-state index contributed by atoms with van der Waals surface area (Å²) in [6.07, 6.45) is 3.29. The first-order chi connectivity index (χ1) is 15.0. The van der Waals surface area contributed by atoms with E-state index in [1.165, 1.54) is 11.2 Å². The molecule has 1 saturated heterocycles. The van der Waals surface area contributed by atoms with E-state index in [2.05, 4.69) is 20.3 Å². The molecule has 4 aromatic rings. The molecule has 0 atom stereocenters. The van der Waals surface area contributed by atoms with Gasteiger partial charge in [0.1, 0.15) is 11.9 Å². The maximum absolute atomic E-state index is 12.7. The average molecular weight is 416 g/mol. The lowest BCUT2D eigenvalue weighted by molar-refractivity contribution is -0.0915. The number of oxazole rings is 1. The number of benzene rings is 1. The van der Waals surface area contributed by atoms with Crippen molar-refractivity contribution in [2.75, 3.05) is 13.1 Å². The molecule has 156 valence electrons. The Kier molecular flexibility index (Phi) is 4.59. The van der Waals surface area contributed by atoms with E-state index in [0.29, 0.717) is 23.7 Å². The predicted octanol–water partition coefficient (Wildman–Crippen LogP) is 1.80. The lowest BCUT2D eigenvalue weighted by Crippen LogP contribution is -2.61. The van der Waals surface area contributed by atoms with Crippen LogP contribution in [0, 0.1) is 0 Å². The van der Waals surface area contributed by atoms with E-state index in [1.807, 2.05) is 42.5 Å². The second-order valence-electron chi connectivity index (χ2n) is 7.61. The Bertz CT molecular complexity index is 1210. The number of aliphatic hydroxyl groups is 1. The maximum Gasteiger partial charge on any atom is 0.276 e. The number of carbonyl (C=O) groups is 1. The topological polar surface area (TPSA) is 110 Å². The second kappa shape index (κ2) is 7.44. The second-order valence-corrected chi connectivity index (χ2v) is 7.61. The van der Waals surface area contributed by atoms with Crippen molar-refractivity contribution in [3.05, 3.63) is 84.0 Å². The Hall–Kier alpha value is -3.85. The number of carbonyl (C=O) groups excluding carboxylic acids is 1. The normalized spacial score (nSPS) is 15.0. The minimum absolute atomic E-state index is 0.181. The number of hydrogen-bond donors (Lipinski definition) is 1. The zero-order chi connectivity index (χ0) is 21.4. The van der Waals surface area contributed by atoms with Gasteiger partial charge in [-0.3, -0.25) is 9.48 Å². The number of aromatic nitrogens is 5. The van der Waals surface area contributed by atoms with Crippen LogP contribution in [-0.2, 0) is 19.1 Å². The Morgan fingerprint density at radius 2 is 1.94 bits per heavy atom. The molecule has 1 aliphatic heterocycles. The highest BCUT2D eigenvalue weighted by Gasteiger charge is 2.47. The van der Waals surface area contributed by atoms with Crippen molar-refractivity contribution in [3.8, 4) is 11.3 Å². The summed E-state index contributed by atoms with van der Waals surface area (Å²) in [6, 6.07) is 15.3. The summed E-state index contributed by atoms with van der Waals surface area (Å²) in [5.41, 5.74) is 2.25. The molecule has 4 heterocycles. The van der Waals surface area contributed by atoms with Gasteiger partial charge in [0.15, 0.2) is 5.69 Å². The van der Waals surface area contributed by atoms with Crippen molar-refractivity contribution in [3.63, 3.8) is 0 Å². The zero-order valence-electron chi connectivity index (χ0n) is 16.8. The first-order valence-corrected chi connectivity index (χ1v) is 9.84. The van der Waals surface area contributed by atoms with Crippen molar-refractivity contribution < 1.29 is 14.3 Å². The third kappa shape index (κ3) is 3.59. The van der Waals surface area contributed by atoms with Gasteiger partial charge in [0, 0.05) is 18.8 Å². The average Bonchev–Trinajstić information content (AvgIpc) is 3.41. The summed E-state index contributed by atoms with van der Waals surface area (Å²) in [5, 5.41) is 23.3. The smallest absolute Gasteiger partial charge is 0.276 e. The molecule has 3 aromatic heterocycles. The van der Waals surface area contributed by atoms with E-state index in [1.54, 1.807) is 24.0 Å². The fourth-order valence-electron chi connectivity index (χ4n) is 3.75. The highest BCUT2D eigenvalue weighted by atomic mass is 16.3. The Labute approximate surface area is 178 Å². The van der Waals surface area contributed by atoms with Gasteiger partial charge in [-0.05, 0) is 18.2 Å². The molecular weight excluding hydrogens is 396 g/mol. The quantitative estimate of drug-likeness (QED) is 0.528. The maximum atomic E-state index is 12.7. The fraction of sp³-hybridized carbons (Fsp3) is 0.227. The highest BCUT2D eigenvalue weighted by molar-refractivity contribution is 5.92. The SMILES string of the molecule is Cn1nccc1C1(O)CN(C(=O)c2coc(Cc3ccc(-c4ccccc4)nn3)n2)C1. The molecule has 0 saturated carbocycles. The van der Waals surface area contributed by atoms with Crippen molar-refractivity contribution in [1.29, 1.82) is 0 Å². The van der Waals surface area contributed by atoms with Crippen LogP contribution in [-0.4, -0.2) is 54.0 Å². The Morgan fingerprint density at radius 1 is 1.13 bits per heavy atom. The monoisotopic (exact) mass is 416 g/mol. The molecule has 9 heteroatoms. The van der Waals surface area contributed by atoms with E-state index >= 15 is 0 Å². The molecule has 1 aromatic carbocycles. The summed E-state index contributed by atoms with van der Waals surface area (Å²) < 4.78 is 7.07. The van der Waals surface area contributed by atoms with Crippen molar-refractivity contribution in [1.82, 2.24) is 29.9 Å². The van der Waals surface area contributed by atoms with Crippen LogP contribution in [0.1, 0.15) is 27.8 Å². The fourth-order valence-corrected chi connectivity index (χ4v) is 3.75. The van der Waals surface area contributed by atoms with Crippen molar-refractivity contribution in [2.24, 2.45) is 7.05 Å². The number of likely N-dealkylation sites (tertiary alicyclic amines) is 1. The van der Waals surface area contributed by atoms with Crippen molar-refractivity contribution >= 4 is 5.91 Å². The van der Waals surface area contributed by atoms with Gasteiger partial charge in [0.2, 0.25) is 5.89 Å². The van der Waals surface area contributed by atoms with E-state index < -0.39 is 5.60 Å². The molecule has 0 radical (unpaired) electrons. The lowest BCUT2D eigenvalue weighted by Gasteiger charge is -2.45. The van der Waals surface area contributed by atoms with E-state index in [9.17, 15) is 9.90 Å². The van der Waals surface area contributed by atoms with Crippen LogP contribution in [0.2, 0.25) is 0 Å². The summed E-state index contributed by atoms with van der Waals surface area (Å²) in [4.78, 5) is 18.5. The van der Waals surface area contributed by atoms with Crippen LogP contribution in [0.25, 0.3) is 11.3 Å². The first-order valence-electron chi connectivity index (χ1n) is 9.84. The standard InChI is InChI=1S/C22H20N6O3/c1-27-19(9-10-23-27)22(30)13-28(14-22)21(29)18-12-31-20(24-18)11-16-7-8-17(26-25-16)15-5-3-2-4-6-15/h2-10,12,30H,11,13-14H2,1H3. The number of rotatable bonds is 5. The number of hydrogen-bond acceptors (Lipinski definition) is 7. The summed E-state index contributed by atoms with van der Waals surface area (Å²) in [5.74, 6) is 0.0971. The van der Waals surface area contributed by atoms with Gasteiger partial charge in [0.25, 0.3) is 5.91 Å². The molecule has 9 nitrogen and oxygen atoms in total. The van der Waals surface area contributed by atoms with Gasteiger partial charge in [-0.2, -0.15) is 15.3 Å². The van der Waals surface area contributed by atoms with Gasteiger partial charge in [-0.25, -0.2) is 4.98 Å². The van der Waals surface area contributed by atoms with Crippen LogP contribution in [0.4, 0.5) is 0 Å². The molecule has 31 heavy (non-hydrogen) atoms. The van der Waals surface area contributed by atoms with E-state index in [4.69, 9.17) is 4.42 Å². The molecule has 0 aliphatic carbocycles. The Morgan fingerprint density at radius 3 is 2.61 bits per heavy atom. The highest BCUT2D eigenvalue weighted by Crippen LogP contribution is 2.32. The number of nitrogens with zero attached hydrogens (tertiary/aromatic N) is 6. The first kappa shape index (κ1) is 19.1. The minimum Gasteiger partial charge on any atom is -0.448 e. The zero-order valence-corrected chi connectivity index (χ0v) is 16.8. The lowest BCUT2D eigenvalue weighted by atomic mass is 9.90. The van der Waals surface area contributed by atoms with Crippen LogP contribution in [0.3, 0.4) is 0 Å². The molecule has 5 rings (SSSR count). The number of aryl methyl sites for hydroxylation is 1. The molecule has 1 N–H and O–H groups in total. The van der Waals surface area contributed by atoms with Gasteiger partial charge in [0.05, 0.1) is 36.6 Å². The van der Waals surface area contributed by atoms with Crippen LogP contribution < -0.4 is 0 Å². The molecule has 0 unspecified atom stereocenters. The molecule has 0 spiro atoms. The van der Waals surface area contributed by atoms with Crippen LogP contribution in [0.15, 0.2) is 65.4 Å². The Balaban J connectivity index is 1.23. The molecular formula is C22H20N6O3. The molecule has 1 amide bonds. The number of amides is 1. The van der Waals surface area contributed by atoms with E-state index in [-0.39, 0.29) is 24.7 Å².